The summed E-state index contributed by atoms with van der Waals surface area (Å²) in [7, 11) is 1.66. The van der Waals surface area contributed by atoms with E-state index in [-0.39, 0.29) is 56.7 Å². The number of urea groups is 1. The number of aliphatic hydroxyl groups excluding tert-OH is 1. The first-order valence-corrected chi connectivity index (χ1v) is 13.8. The summed E-state index contributed by atoms with van der Waals surface area (Å²) in [5.41, 5.74) is 1.59. The molecule has 0 unspecified atom stereocenters. The molecule has 0 bridgehead atoms. The second-order valence-electron chi connectivity index (χ2n) is 10.6. The summed E-state index contributed by atoms with van der Waals surface area (Å²) in [6.07, 6.45) is 0.822. The van der Waals surface area contributed by atoms with Gasteiger partial charge in [-0.2, -0.15) is 0 Å². The summed E-state index contributed by atoms with van der Waals surface area (Å²) in [6.45, 7) is 4.08. The van der Waals surface area contributed by atoms with E-state index in [0.29, 0.717) is 40.7 Å². The topological polar surface area (TPSA) is 173 Å². The number of aromatic nitrogens is 4. The number of aliphatic hydroxyl groups is 1. The molecule has 5 rings (SSSR count). The van der Waals surface area contributed by atoms with Crippen molar-refractivity contribution in [3.05, 3.63) is 48.3 Å². The van der Waals surface area contributed by atoms with Crippen LogP contribution in [0.3, 0.4) is 0 Å². The number of nitrogens with zero attached hydrogens (tertiary/aromatic N) is 6. The third kappa shape index (κ3) is 7.12. The highest BCUT2D eigenvalue weighted by Gasteiger charge is 2.32. The second-order valence-corrected chi connectivity index (χ2v) is 10.6. The number of carbonyl (C=O) groups is 3. The van der Waals surface area contributed by atoms with E-state index in [0.717, 1.165) is 0 Å². The summed E-state index contributed by atoms with van der Waals surface area (Å²) in [5.74, 6) is 0.889. The van der Waals surface area contributed by atoms with Gasteiger partial charge in [0, 0.05) is 42.5 Å². The van der Waals surface area contributed by atoms with Gasteiger partial charge in [-0.1, -0.05) is 6.92 Å². The second kappa shape index (κ2) is 12.9. The molecule has 0 saturated carbocycles. The minimum atomic E-state index is -0.509. The quantitative estimate of drug-likeness (QED) is 0.346. The number of hydrogen-bond acceptors (Lipinski definition) is 10. The van der Waals surface area contributed by atoms with Crippen LogP contribution in [-0.4, -0.2) is 98.6 Å². The smallest absolute Gasteiger partial charge is 0.321 e. The molecule has 228 valence electrons. The van der Waals surface area contributed by atoms with E-state index in [9.17, 15) is 19.5 Å². The predicted octanol–water partition coefficient (Wildman–Crippen LogP) is 1.35. The molecule has 3 N–H and O–H groups in total. The Hall–Kier alpha value is -4.92. The third-order valence-electron chi connectivity index (χ3n) is 7.32. The zero-order valence-electron chi connectivity index (χ0n) is 24.1. The average Bonchev–Trinajstić information content (AvgIpc) is 3.68. The summed E-state index contributed by atoms with van der Waals surface area (Å²) < 4.78 is 18.5. The van der Waals surface area contributed by atoms with Crippen molar-refractivity contribution in [1.29, 1.82) is 0 Å². The first-order valence-electron chi connectivity index (χ1n) is 13.8. The van der Waals surface area contributed by atoms with Crippen LogP contribution < -0.4 is 24.8 Å². The average molecular weight is 595 g/mol. The fourth-order valence-electron chi connectivity index (χ4n) is 4.87. The molecule has 4 amide bonds. The van der Waals surface area contributed by atoms with Crippen LogP contribution in [-0.2, 0) is 22.6 Å². The fourth-order valence-corrected chi connectivity index (χ4v) is 4.87. The van der Waals surface area contributed by atoms with E-state index >= 15 is 0 Å². The molecule has 0 saturated heterocycles. The number of rotatable bonds is 8. The number of fused-ring (bicyclic) bond motifs is 2. The lowest BCUT2D eigenvalue weighted by molar-refractivity contribution is -0.134. The molecule has 1 aromatic heterocycles. The molecule has 15 nitrogen and oxygen atoms in total. The zero-order chi connectivity index (χ0) is 30.5. The standard InChI is InChI=1S/C28H34N8O7/c1-17-11-36(18(2)14-37)27(39)9-19-8-20(30-26(38)13-35-15-29-32-33-35)4-6-22(19)43-25(17)12-34(3)28(40)31-21-5-7-23-24(10-21)42-16-41-23/h4-8,10,15,17-18,25,37H,9,11-14,16H2,1-3H3,(H,30,38)(H,31,40)/t17-,18-,25-/m1/s1. The van der Waals surface area contributed by atoms with Crippen LogP contribution in [0.2, 0.25) is 0 Å². The molecule has 43 heavy (non-hydrogen) atoms. The Morgan fingerprint density at radius 2 is 1.86 bits per heavy atom. The van der Waals surface area contributed by atoms with Crippen LogP contribution in [0.15, 0.2) is 42.7 Å². The van der Waals surface area contributed by atoms with Crippen molar-refractivity contribution in [2.45, 2.75) is 39.0 Å². The molecular formula is C28H34N8O7. The Morgan fingerprint density at radius 1 is 1.12 bits per heavy atom. The summed E-state index contributed by atoms with van der Waals surface area (Å²) >= 11 is 0. The van der Waals surface area contributed by atoms with Crippen LogP contribution >= 0.6 is 0 Å². The van der Waals surface area contributed by atoms with E-state index in [2.05, 4.69) is 26.2 Å². The molecule has 2 aliphatic rings. The number of amides is 4. The predicted molar refractivity (Wildman–Crippen MR) is 153 cm³/mol. The van der Waals surface area contributed by atoms with Gasteiger partial charge in [-0.05, 0) is 47.7 Å². The molecule has 2 aliphatic heterocycles. The largest absolute Gasteiger partial charge is 0.488 e. The molecular weight excluding hydrogens is 560 g/mol. The van der Waals surface area contributed by atoms with Crippen molar-refractivity contribution in [2.24, 2.45) is 5.92 Å². The van der Waals surface area contributed by atoms with Crippen molar-refractivity contribution in [3.8, 4) is 17.2 Å². The highest BCUT2D eigenvalue weighted by atomic mass is 16.7. The van der Waals surface area contributed by atoms with Gasteiger partial charge in [-0.25, -0.2) is 9.48 Å². The maximum Gasteiger partial charge on any atom is 0.321 e. The van der Waals surface area contributed by atoms with Gasteiger partial charge in [0.15, 0.2) is 11.5 Å². The number of tetrazole rings is 1. The Bertz CT molecular complexity index is 1470. The summed E-state index contributed by atoms with van der Waals surface area (Å²) in [6, 6.07) is 9.45. The highest BCUT2D eigenvalue weighted by Crippen LogP contribution is 2.34. The van der Waals surface area contributed by atoms with E-state index < -0.39 is 12.1 Å². The summed E-state index contributed by atoms with van der Waals surface area (Å²) in [5, 5.41) is 26.3. The van der Waals surface area contributed by atoms with Crippen LogP contribution in [0.1, 0.15) is 19.4 Å². The Balaban J connectivity index is 1.34. The lowest BCUT2D eigenvalue weighted by atomic mass is 10.0. The van der Waals surface area contributed by atoms with Crippen LogP contribution in [0, 0.1) is 5.92 Å². The number of hydrogen-bond donors (Lipinski definition) is 3. The van der Waals surface area contributed by atoms with Gasteiger partial charge in [0.25, 0.3) is 0 Å². The molecule has 0 fully saturated rings. The van der Waals surface area contributed by atoms with E-state index in [4.69, 9.17) is 14.2 Å². The maximum atomic E-state index is 13.4. The van der Waals surface area contributed by atoms with Crippen molar-refractivity contribution < 1.29 is 33.7 Å². The molecule has 15 heteroatoms. The van der Waals surface area contributed by atoms with Gasteiger partial charge in [0.1, 0.15) is 24.7 Å². The van der Waals surface area contributed by atoms with Crippen molar-refractivity contribution in [2.75, 3.05) is 44.2 Å². The van der Waals surface area contributed by atoms with Gasteiger partial charge in [-0.3, -0.25) is 9.59 Å². The minimum absolute atomic E-state index is 0.00371. The van der Waals surface area contributed by atoms with Crippen molar-refractivity contribution in [1.82, 2.24) is 30.0 Å². The number of carbonyl (C=O) groups excluding carboxylic acids is 3. The highest BCUT2D eigenvalue weighted by molar-refractivity contribution is 5.91. The first-order chi connectivity index (χ1) is 20.7. The third-order valence-corrected chi connectivity index (χ3v) is 7.32. The number of anilines is 2. The monoisotopic (exact) mass is 594 g/mol. The van der Waals surface area contributed by atoms with E-state index in [1.54, 1.807) is 55.3 Å². The van der Waals surface area contributed by atoms with Gasteiger partial charge >= 0.3 is 6.03 Å². The van der Waals surface area contributed by atoms with Gasteiger partial charge in [0.05, 0.1) is 25.6 Å². The fraction of sp³-hybridized carbons (Fsp3) is 0.429. The lowest BCUT2D eigenvalue weighted by Gasteiger charge is -2.34. The van der Waals surface area contributed by atoms with Gasteiger partial charge in [0.2, 0.25) is 18.6 Å². The van der Waals surface area contributed by atoms with E-state index in [1.807, 2.05) is 6.92 Å². The molecule has 3 atom stereocenters. The molecule has 3 aromatic rings. The molecule has 0 radical (unpaired) electrons. The zero-order valence-corrected chi connectivity index (χ0v) is 24.1. The molecule has 3 heterocycles. The Kier molecular flexibility index (Phi) is 8.90. The van der Waals surface area contributed by atoms with Gasteiger partial charge in [-0.15, -0.1) is 5.10 Å². The van der Waals surface area contributed by atoms with E-state index in [1.165, 1.54) is 15.9 Å². The maximum absolute atomic E-state index is 13.4. The number of nitrogens with one attached hydrogen (secondary N) is 2. The number of ether oxygens (including phenoxy) is 3. The number of benzene rings is 2. The SMILES string of the molecule is C[C@@H]1CN([C@H](C)CO)C(=O)Cc2cc(NC(=O)Cn3cnnn3)ccc2O[C@@H]1CN(C)C(=O)Nc1ccc2c(c1)OCO2. The Labute approximate surface area is 247 Å². The molecule has 0 spiro atoms. The van der Waals surface area contributed by atoms with Crippen LogP contribution in [0.25, 0.3) is 0 Å². The van der Waals surface area contributed by atoms with Crippen LogP contribution in [0.4, 0.5) is 16.2 Å². The van der Waals surface area contributed by atoms with Crippen LogP contribution in [0.5, 0.6) is 17.2 Å². The molecule has 0 aliphatic carbocycles. The molecule has 2 aromatic carbocycles. The minimum Gasteiger partial charge on any atom is -0.488 e. The number of likely N-dealkylation sites (N-methyl/N-ethyl adjacent to an activating group) is 1. The van der Waals surface area contributed by atoms with Crippen molar-refractivity contribution in [3.63, 3.8) is 0 Å². The Morgan fingerprint density at radius 3 is 2.60 bits per heavy atom. The normalized spacial score (nSPS) is 18.4. The van der Waals surface area contributed by atoms with Gasteiger partial charge < -0.3 is 39.8 Å². The first kappa shape index (κ1) is 29.6. The lowest BCUT2D eigenvalue weighted by Crippen LogP contribution is -2.48. The van der Waals surface area contributed by atoms with Crippen molar-refractivity contribution >= 4 is 29.2 Å². The summed E-state index contributed by atoms with van der Waals surface area (Å²) in [4.78, 5) is 42.2.